The van der Waals surface area contributed by atoms with Gasteiger partial charge in [0.15, 0.2) is 0 Å². The molecule has 22 heavy (non-hydrogen) atoms. The molecule has 1 aromatic carbocycles. The zero-order chi connectivity index (χ0) is 15.9. The Morgan fingerprint density at radius 1 is 1.27 bits per heavy atom. The first-order valence-electron chi connectivity index (χ1n) is 7.49. The van der Waals surface area contributed by atoms with Crippen molar-refractivity contribution in [1.82, 2.24) is 15.2 Å². The quantitative estimate of drug-likeness (QED) is 0.797. The fourth-order valence-corrected chi connectivity index (χ4v) is 2.13. The van der Waals surface area contributed by atoms with Crippen molar-refractivity contribution in [3.63, 3.8) is 0 Å². The Balaban J connectivity index is 1.90. The maximum Gasteiger partial charge on any atom is 0.227 e. The molecule has 0 radical (unpaired) electrons. The van der Waals surface area contributed by atoms with E-state index in [4.69, 9.17) is 4.42 Å². The Labute approximate surface area is 131 Å². The Morgan fingerprint density at radius 2 is 2.00 bits per heavy atom. The van der Waals surface area contributed by atoms with E-state index in [-0.39, 0.29) is 12.3 Å². The van der Waals surface area contributed by atoms with Gasteiger partial charge in [0.05, 0.1) is 12.1 Å². The first-order chi connectivity index (χ1) is 10.6. The van der Waals surface area contributed by atoms with Crippen molar-refractivity contribution < 1.29 is 9.21 Å². The van der Waals surface area contributed by atoms with Crippen molar-refractivity contribution >= 4 is 5.91 Å². The van der Waals surface area contributed by atoms with Gasteiger partial charge in [-0.05, 0) is 46.1 Å². The third kappa shape index (κ3) is 4.70. The molecule has 5 heteroatoms. The first kappa shape index (κ1) is 16.2. The van der Waals surface area contributed by atoms with Crippen LogP contribution >= 0.6 is 0 Å². The van der Waals surface area contributed by atoms with Crippen molar-refractivity contribution in [2.45, 2.75) is 19.8 Å². The summed E-state index contributed by atoms with van der Waals surface area (Å²) < 4.78 is 5.74. The van der Waals surface area contributed by atoms with E-state index in [9.17, 15) is 4.79 Å². The minimum absolute atomic E-state index is 0.0300. The highest BCUT2D eigenvalue weighted by Gasteiger charge is 2.14. The van der Waals surface area contributed by atoms with Crippen LogP contribution in [0.15, 0.2) is 34.7 Å². The van der Waals surface area contributed by atoms with Gasteiger partial charge < -0.3 is 14.6 Å². The number of nitrogens with zero attached hydrogens (tertiary/aromatic N) is 2. The van der Waals surface area contributed by atoms with Gasteiger partial charge in [-0.25, -0.2) is 4.98 Å². The van der Waals surface area contributed by atoms with Crippen LogP contribution in [0.25, 0.3) is 11.5 Å². The molecular weight excluding hydrogens is 278 g/mol. The van der Waals surface area contributed by atoms with E-state index in [1.165, 1.54) is 0 Å². The zero-order valence-corrected chi connectivity index (χ0v) is 13.4. The number of amides is 1. The molecule has 0 saturated heterocycles. The molecule has 0 aliphatic carbocycles. The molecule has 0 bridgehead atoms. The second-order valence-electron chi connectivity index (χ2n) is 5.58. The number of carbonyl (C=O) groups excluding carboxylic acids is 1. The predicted molar refractivity (Wildman–Crippen MR) is 86.6 cm³/mol. The van der Waals surface area contributed by atoms with Gasteiger partial charge >= 0.3 is 0 Å². The van der Waals surface area contributed by atoms with Gasteiger partial charge in [-0.3, -0.25) is 4.79 Å². The summed E-state index contributed by atoms with van der Waals surface area (Å²) in [5.74, 6) is 1.16. The molecule has 118 valence electrons. The fourth-order valence-electron chi connectivity index (χ4n) is 2.13. The smallest absolute Gasteiger partial charge is 0.227 e. The van der Waals surface area contributed by atoms with E-state index in [1.54, 1.807) is 0 Å². The maximum absolute atomic E-state index is 11.9. The van der Waals surface area contributed by atoms with E-state index >= 15 is 0 Å². The van der Waals surface area contributed by atoms with Gasteiger partial charge in [0.25, 0.3) is 0 Å². The average molecular weight is 301 g/mol. The standard InChI is InChI=1S/C17H23N3O2/c1-13-15(12-16(21)18-10-7-11-20(2)3)22-17(19-13)14-8-5-4-6-9-14/h4-6,8-9H,7,10-12H2,1-3H3,(H,18,21). The van der Waals surface area contributed by atoms with E-state index < -0.39 is 0 Å². The average Bonchev–Trinajstić information content (AvgIpc) is 2.85. The number of carbonyl (C=O) groups is 1. The number of rotatable bonds is 7. The molecule has 2 rings (SSSR count). The molecule has 2 aromatic rings. The van der Waals surface area contributed by atoms with Crippen LogP contribution in [-0.2, 0) is 11.2 Å². The van der Waals surface area contributed by atoms with Gasteiger partial charge in [0.2, 0.25) is 11.8 Å². The third-order valence-corrected chi connectivity index (χ3v) is 3.34. The van der Waals surface area contributed by atoms with E-state index in [0.717, 1.165) is 24.2 Å². The van der Waals surface area contributed by atoms with Crippen LogP contribution in [0.1, 0.15) is 17.9 Å². The lowest BCUT2D eigenvalue weighted by Crippen LogP contribution is -2.28. The minimum Gasteiger partial charge on any atom is -0.440 e. The monoisotopic (exact) mass is 301 g/mol. The van der Waals surface area contributed by atoms with Gasteiger partial charge in [0.1, 0.15) is 5.76 Å². The SMILES string of the molecule is Cc1nc(-c2ccccc2)oc1CC(=O)NCCCN(C)C. The predicted octanol–water partition coefficient (Wildman–Crippen LogP) is 2.26. The molecule has 1 amide bonds. The van der Waals surface area contributed by atoms with Gasteiger partial charge in [-0.1, -0.05) is 18.2 Å². The van der Waals surface area contributed by atoms with Gasteiger partial charge in [0, 0.05) is 12.1 Å². The summed E-state index contributed by atoms with van der Waals surface area (Å²) >= 11 is 0. The first-order valence-corrected chi connectivity index (χ1v) is 7.49. The minimum atomic E-state index is -0.0300. The molecule has 0 saturated carbocycles. The van der Waals surface area contributed by atoms with Crippen LogP contribution < -0.4 is 5.32 Å². The molecule has 0 unspecified atom stereocenters. The summed E-state index contributed by atoms with van der Waals surface area (Å²) in [6.45, 7) is 3.50. The Kier molecular flexibility index (Phi) is 5.72. The molecule has 0 aliphatic heterocycles. The normalized spacial score (nSPS) is 10.9. The molecule has 0 aliphatic rings. The van der Waals surface area contributed by atoms with Crippen LogP contribution in [0.4, 0.5) is 0 Å². The van der Waals surface area contributed by atoms with Crippen LogP contribution in [0.5, 0.6) is 0 Å². The van der Waals surface area contributed by atoms with Crippen molar-refractivity contribution in [2.24, 2.45) is 0 Å². The number of nitrogens with one attached hydrogen (secondary N) is 1. The maximum atomic E-state index is 11.9. The molecule has 5 nitrogen and oxygen atoms in total. The highest BCUT2D eigenvalue weighted by Crippen LogP contribution is 2.21. The molecule has 1 heterocycles. The number of hydrogen-bond acceptors (Lipinski definition) is 4. The van der Waals surface area contributed by atoms with Crippen LogP contribution in [0, 0.1) is 6.92 Å². The van der Waals surface area contributed by atoms with E-state index in [0.29, 0.717) is 18.2 Å². The van der Waals surface area contributed by atoms with Crippen LogP contribution in [0.3, 0.4) is 0 Å². The second-order valence-corrected chi connectivity index (χ2v) is 5.58. The molecule has 1 aromatic heterocycles. The summed E-state index contributed by atoms with van der Waals surface area (Å²) in [4.78, 5) is 18.4. The second kappa shape index (κ2) is 7.75. The van der Waals surface area contributed by atoms with E-state index in [1.807, 2.05) is 51.4 Å². The summed E-state index contributed by atoms with van der Waals surface area (Å²) in [7, 11) is 4.04. The van der Waals surface area contributed by atoms with Gasteiger partial charge in [-0.15, -0.1) is 0 Å². The molecule has 0 atom stereocenters. The van der Waals surface area contributed by atoms with Crippen molar-refractivity contribution in [2.75, 3.05) is 27.2 Å². The number of aryl methyl sites for hydroxylation is 1. The van der Waals surface area contributed by atoms with Crippen LogP contribution in [0.2, 0.25) is 0 Å². The molecule has 1 N–H and O–H groups in total. The Bertz CT molecular complexity index is 606. The third-order valence-electron chi connectivity index (χ3n) is 3.34. The summed E-state index contributed by atoms with van der Waals surface area (Å²) in [5, 5.41) is 2.91. The lowest BCUT2D eigenvalue weighted by molar-refractivity contribution is -0.120. The number of oxazole rings is 1. The fraction of sp³-hybridized carbons (Fsp3) is 0.412. The number of benzene rings is 1. The van der Waals surface area contributed by atoms with Gasteiger partial charge in [-0.2, -0.15) is 0 Å². The van der Waals surface area contributed by atoms with Crippen molar-refractivity contribution in [3.8, 4) is 11.5 Å². The largest absolute Gasteiger partial charge is 0.440 e. The molecule has 0 fully saturated rings. The van der Waals surface area contributed by atoms with Crippen molar-refractivity contribution in [1.29, 1.82) is 0 Å². The lowest BCUT2D eigenvalue weighted by atomic mass is 10.2. The van der Waals surface area contributed by atoms with E-state index in [2.05, 4.69) is 15.2 Å². The summed E-state index contributed by atoms with van der Waals surface area (Å²) in [6, 6.07) is 9.70. The topological polar surface area (TPSA) is 58.4 Å². The number of aromatic nitrogens is 1. The molecular formula is C17H23N3O2. The lowest BCUT2D eigenvalue weighted by Gasteiger charge is -2.09. The van der Waals surface area contributed by atoms with Crippen LogP contribution in [-0.4, -0.2) is 43.0 Å². The highest BCUT2D eigenvalue weighted by atomic mass is 16.4. The molecule has 0 spiro atoms. The Hall–Kier alpha value is -2.14. The Morgan fingerprint density at radius 3 is 2.68 bits per heavy atom. The number of hydrogen-bond donors (Lipinski definition) is 1. The zero-order valence-electron chi connectivity index (χ0n) is 13.4. The summed E-state index contributed by atoms with van der Waals surface area (Å²) in [6.07, 6.45) is 1.16. The summed E-state index contributed by atoms with van der Waals surface area (Å²) in [5.41, 5.74) is 1.69. The highest BCUT2D eigenvalue weighted by molar-refractivity contribution is 5.78. The van der Waals surface area contributed by atoms with Crippen molar-refractivity contribution in [3.05, 3.63) is 41.8 Å².